The van der Waals surface area contributed by atoms with Crippen molar-refractivity contribution in [1.82, 2.24) is 0 Å². The Kier molecular flexibility index (Phi) is 3.58. The molecule has 1 aliphatic heterocycles. The Bertz CT molecular complexity index is 892. The molecule has 0 radical (unpaired) electrons. The van der Waals surface area contributed by atoms with Crippen LogP contribution in [0.1, 0.15) is 58.3 Å². The molecule has 0 spiro atoms. The minimum absolute atomic E-state index is 0.225. The molecular weight excluding hydrogens is 346 g/mol. The van der Waals surface area contributed by atoms with Crippen LogP contribution in [0.5, 0.6) is 0 Å². The fourth-order valence-electron chi connectivity index (χ4n) is 5.84. The minimum atomic E-state index is -0.876. The number of halogens is 1. The van der Waals surface area contributed by atoms with E-state index in [0.29, 0.717) is 17.4 Å². The monoisotopic (exact) mass is 367 g/mol. The van der Waals surface area contributed by atoms with Gasteiger partial charge in [0.05, 0.1) is 11.6 Å². The van der Waals surface area contributed by atoms with E-state index >= 15 is 0 Å². The molecule has 26 heavy (non-hydrogen) atoms. The first-order valence-electron chi connectivity index (χ1n) is 9.43. The fourth-order valence-corrected chi connectivity index (χ4v) is 6.00. The standard InChI is InChI=1S/C22H22ClNO2/c1-11-17(23)9-8-16-18-14-6-7-15(10-14)19(18)21(24-20(11)16)12-2-4-13(5-3-12)22(25)26/h2-5,8-9,14-15,18-19,21,24H,6-7,10H2,1H3,(H,25,26). The molecule has 5 unspecified atom stereocenters. The minimum Gasteiger partial charge on any atom is -0.478 e. The van der Waals surface area contributed by atoms with E-state index in [1.165, 1.54) is 36.1 Å². The van der Waals surface area contributed by atoms with Gasteiger partial charge in [-0.1, -0.05) is 29.8 Å². The molecule has 2 aliphatic carbocycles. The molecule has 2 aromatic rings. The first kappa shape index (κ1) is 16.2. The molecule has 1 heterocycles. The number of aromatic carboxylic acids is 1. The molecule has 4 heteroatoms. The van der Waals surface area contributed by atoms with Crippen LogP contribution in [-0.4, -0.2) is 11.1 Å². The summed E-state index contributed by atoms with van der Waals surface area (Å²) < 4.78 is 0. The Morgan fingerprint density at radius 2 is 1.85 bits per heavy atom. The second-order valence-electron chi connectivity index (χ2n) is 8.12. The van der Waals surface area contributed by atoms with Crippen LogP contribution in [0, 0.1) is 24.7 Å². The van der Waals surface area contributed by atoms with Gasteiger partial charge in [-0.15, -0.1) is 0 Å². The number of rotatable bonds is 2. The van der Waals surface area contributed by atoms with Crippen LogP contribution < -0.4 is 5.32 Å². The quantitative estimate of drug-likeness (QED) is 0.721. The van der Waals surface area contributed by atoms with Crippen molar-refractivity contribution in [3.8, 4) is 0 Å². The van der Waals surface area contributed by atoms with Crippen molar-refractivity contribution in [3.05, 3.63) is 63.7 Å². The van der Waals surface area contributed by atoms with Gasteiger partial charge in [0, 0.05) is 10.7 Å². The maximum atomic E-state index is 11.2. The number of anilines is 1. The van der Waals surface area contributed by atoms with Crippen LogP contribution in [-0.2, 0) is 0 Å². The van der Waals surface area contributed by atoms with E-state index < -0.39 is 5.97 Å². The smallest absolute Gasteiger partial charge is 0.335 e. The number of carbonyl (C=O) groups is 1. The fraction of sp³-hybridized carbons (Fsp3) is 0.409. The van der Waals surface area contributed by atoms with E-state index in [-0.39, 0.29) is 6.04 Å². The third kappa shape index (κ3) is 2.23. The van der Waals surface area contributed by atoms with Gasteiger partial charge in [-0.2, -0.15) is 0 Å². The van der Waals surface area contributed by atoms with E-state index in [1.807, 2.05) is 18.2 Å². The van der Waals surface area contributed by atoms with Crippen molar-refractivity contribution in [3.63, 3.8) is 0 Å². The number of nitrogens with one attached hydrogen (secondary N) is 1. The Morgan fingerprint density at radius 1 is 1.12 bits per heavy atom. The van der Waals surface area contributed by atoms with Gasteiger partial charge in [-0.3, -0.25) is 0 Å². The highest BCUT2D eigenvalue weighted by Gasteiger charge is 2.54. The average Bonchev–Trinajstić information content (AvgIpc) is 3.26. The molecule has 134 valence electrons. The lowest BCUT2D eigenvalue weighted by Crippen LogP contribution is -2.35. The van der Waals surface area contributed by atoms with Gasteiger partial charge in [0.1, 0.15) is 0 Å². The second kappa shape index (κ2) is 5.75. The van der Waals surface area contributed by atoms with Crippen LogP contribution in [0.3, 0.4) is 0 Å². The lowest BCUT2D eigenvalue weighted by Gasteiger charge is -2.44. The van der Waals surface area contributed by atoms with Crippen LogP contribution in [0.25, 0.3) is 0 Å². The zero-order chi connectivity index (χ0) is 18.0. The summed E-state index contributed by atoms with van der Waals surface area (Å²) in [4.78, 5) is 11.2. The molecule has 0 aromatic heterocycles. The van der Waals surface area contributed by atoms with Gasteiger partial charge in [0.2, 0.25) is 0 Å². The lowest BCUT2D eigenvalue weighted by molar-refractivity contribution is 0.0697. The van der Waals surface area contributed by atoms with Gasteiger partial charge in [0.15, 0.2) is 0 Å². The zero-order valence-electron chi connectivity index (χ0n) is 14.7. The third-order valence-electron chi connectivity index (χ3n) is 6.97. The molecule has 5 atom stereocenters. The number of benzene rings is 2. The van der Waals surface area contributed by atoms with E-state index in [2.05, 4.69) is 18.3 Å². The van der Waals surface area contributed by atoms with Crippen LogP contribution in [0.15, 0.2) is 36.4 Å². The number of fused-ring (bicyclic) bond motifs is 7. The highest BCUT2D eigenvalue weighted by Crippen LogP contribution is 2.64. The predicted octanol–water partition coefficient (Wildman–Crippen LogP) is 5.64. The van der Waals surface area contributed by atoms with E-state index in [1.54, 1.807) is 12.1 Å². The second-order valence-corrected chi connectivity index (χ2v) is 8.53. The summed E-state index contributed by atoms with van der Waals surface area (Å²) >= 11 is 6.41. The Hall–Kier alpha value is -2.00. The lowest BCUT2D eigenvalue weighted by atomic mass is 9.67. The summed E-state index contributed by atoms with van der Waals surface area (Å²) in [5.41, 5.74) is 5.27. The molecule has 5 rings (SSSR count). The van der Waals surface area contributed by atoms with Crippen LogP contribution >= 0.6 is 11.6 Å². The summed E-state index contributed by atoms with van der Waals surface area (Å²) in [6.45, 7) is 2.09. The highest BCUT2D eigenvalue weighted by molar-refractivity contribution is 6.31. The van der Waals surface area contributed by atoms with Gasteiger partial charge < -0.3 is 10.4 Å². The molecule has 0 saturated heterocycles. The van der Waals surface area contributed by atoms with Gasteiger partial charge in [-0.05, 0) is 84.7 Å². The van der Waals surface area contributed by atoms with E-state index in [4.69, 9.17) is 11.6 Å². The summed E-state index contributed by atoms with van der Waals surface area (Å²) in [5, 5.41) is 13.8. The normalized spacial score (nSPS) is 31.2. The molecule has 3 nitrogen and oxygen atoms in total. The Balaban J connectivity index is 1.62. The first-order valence-corrected chi connectivity index (χ1v) is 9.81. The third-order valence-corrected chi connectivity index (χ3v) is 7.38. The van der Waals surface area contributed by atoms with Gasteiger partial charge >= 0.3 is 5.97 Å². The van der Waals surface area contributed by atoms with Crippen LogP contribution in [0.2, 0.25) is 5.02 Å². The topological polar surface area (TPSA) is 49.3 Å². The number of hydrogen-bond donors (Lipinski definition) is 2. The molecule has 2 bridgehead atoms. The zero-order valence-corrected chi connectivity index (χ0v) is 15.5. The Morgan fingerprint density at radius 3 is 2.58 bits per heavy atom. The first-order chi connectivity index (χ1) is 12.5. The van der Waals surface area contributed by atoms with Gasteiger partial charge in [-0.25, -0.2) is 4.79 Å². The molecule has 0 amide bonds. The maximum Gasteiger partial charge on any atom is 0.335 e. The predicted molar refractivity (Wildman–Crippen MR) is 103 cm³/mol. The maximum absolute atomic E-state index is 11.2. The number of hydrogen-bond acceptors (Lipinski definition) is 2. The molecule has 2 fully saturated rings. The SMILES string of the molecule is Cc1c(Cl)ccc2c1NC(c1ccc(C(=O)O)cc1)C1C3CCC(C3)C21. The molecule has 3 aliphatic rings. The molecule has 2 N–H and O–H groups in total. The van der Waals surface area contributed by atoms with Crippen molar-refractivity contribution in [1.29, 1.82) is 0 Å². The molecule has 2 saturated carbocycles. The van der Waals surface area contributed by atoms with Crippen LogP contribution in [0.4, 0.5) is 5.69 Å². The van der Waals surface area contributed by atoms with E-state index in [0.717, 1.165) is 22.4 Å². The van der Waals surface area contributed by atoms with Crippen molar-refractivity contribution in [2.45, 2.75) is 38.1 Å². The van der Waals surface area contributed by atoms with E-state index in [9.17, 15) is 9.90 Å². The molecular formula is C22H22ClNO2. The highest BCUT2D eigenvalue weighted by atomic mass is 35.5. The van der Waals surface area contributed by atoms with Crippen molar-refractivity contribution in [2.75, 3.05) is 5.32 Å². The summed E-state index contributed by atoms with van der Waals surface area (Å²) in [6.07, 6.45) is 3.97. The Labute approximate surface area is 158 Å². The largest absolute Gasteiger partial charge is 0.478 e. The average molecular weight is 368 g/mol. The van der Waals surface area contributed by atoms with Crippen molar-refractivity contribution >= 4 is 23.3 Å². The van der Waals surface area contributed by atoms with Crippen molar-refractivity contribution in [2.24, 2.45) is 17.8 Å². The number of carboxylic acids is 1. The van der Waals surface area contributed by atoms with Gasteiger partial charge in [0.25, 0.3) is 0 Å². The number of carboxylic acid groups (broad SMARTS) is 1. The summed E-state index contributed by atoms with van der Waals surface area (Å²) in [5.74, 6) is 1.82. The summed E-state index contributed by atoms with van der Waals surface area (Å²) in [7, 11) is 0. The van der Waals surface area contributed by atoms with Crippen molar-refractivity contribution < 1.29 is 9.90 Å². The molecule has 2 aromatic carbocycles. The summed E-state index contributed by atoms with van der Waals surface area (Å²) in [6, 6.07) is 11.9.